The van der Waals surface area contributed by atoms with Gasteiger partial charge in [0.15, 0.2) is 0 Å². The fraction of sp³-hybridized carbons (Fsp3) is 0.136. The van der Waals surface area contributed by atoms with E-state index in [2.05, 4.69) is 25.5 Å². The highest BCUT2D eigenvalue weighted by Gasteiger charge is 2.30. The lowest BCUT2D eigenvalue weighted by atomic mass is 10.2. The number of nitrogens with one attached hydrogen (secondary N) is 1. The maximum absolute atomic E-state index is 12.8. The normalized spacial score (nSPS) is 11.4. The molecule has 168 valence electrons. The summed E-state index contributed by atoms with van der Waals surface area (Å²) in [5.74, 6) is -0.459. The molecule has 0 saturated carbocycles. The lowest BCUT2D eigenvalue weighted by Crippen LogP contribution is -2.15. The van der Waals surface area contributed by atoms with E-state index in [1.54, 1.807) is 24.5 Å². The molecule has 3 aromatic heterocycles. The Morgan fingerprint density at radius 3 is 2.67 bits per heavy atom. The van der Waals surface area contributed by atoms with Crippen LogP contribution < -0.4 is 5.32 Å². The minimum absolute atomic E-state index is 0.0188. The van der Waals surface area contributed by atoms with E-state index < -0.39 is 17.6 Å². The van der Waals surface area contributed by atoms with Crippen LogP contribution in [0.4, 0.5) is 18.9 Å². The standard InChI is InChI=1S/C22H16F3N5OS2/c1-13-20(33-21(27-13)14-4-3-9-26-11-14)17-7-8-19(30-29-17)32-12-18(31)28-16-6-2-5-15(10-16)22(23,24)25/h2-11H,12H2,1H3,(H,28,31). The van der Waals surface area contributed by atoms with Crippen molar-refractivity contribution in [3.63, 3.8) is 0 Å². The molecule has 4 rings (SSSR count). The average molecular weight is 488 g/mol. The Balaban J connectivity index is 1.38. The van der Waals surface area contributed by atoms with Crippen molar-refractivity contribution in [3.05, 3.63) is 72.2 Å². The van der Waals surface area contributed by atoms with Gasteiger partial charge in [-0.2, -0.15) is 13.2 Å². The Morgan fingerprint density at radius 1 is 1.12 bits per heavy atom. The summed E-state index contributed by atoms with van der Waals surface area (Å²) in [4.78, 5) is 21.7. The highest BCUT2D eigenvalue weighted by Crippen LogP contribution is 2.34. The third-order valence-corrected chi connectivity index (χ3v) is 6.55. The number of pyridine rings is 1. The summed E-state index contributed by atoms with van der Waals surface area (Å²) in [7, 11) is 0. The number of thioether (sulfide) groups is 1. The Kier molecular flexibility index (Phi) is 6.70. The van der Waals surface area contributed by atoms with E-state index in [-0.39, 0.29) is 11.4 Å². The Morgan fingerprint density at radius 2 is 1.97 bits per heavy atom. The minimum Gasteiger partial charge on any atom is -0.325 e. The third kappa shape index (κ3) is 5.74. The van der Waals surface area contributed by atoms with Crippen molar-refractivity contribution in [2.75, 3.05) is 11.1 Å². The van der Waals surface area contributed by atoms with Crippen molar-refractivity contribution in [1.29, 1.82) is 0 Å². The van der Waals surface area contributed by atoms with Crippen LogP contribution in [0.5, 0.6) is 0 Å². The van der Waals surface area contributed by atoms with Gasteiger partial charge in [0.05, 0.1) is 21.9 Å². The number of nitrogens with zero attached hydrogens (tertiary/aromatic N) is 4. The molecule has 11 heteroatoms. The smallest absolute Gasteiger partial charge is 0.325 e. The van der Waals surface area contributed by atoms with E-state index in [0.717, 1.165) is 45.0 Å². The number of thiazole rings is 1. The zero-order chi connectivity index (χ0) is 23.4. The summed E-state index contributed by atoms with van der Waals surface area (Å²) in [5.41, 5.74) is 1.68. The van der Waals surface area contributed by atoms with Crippen LogP contribution >= 0.6 is 23.1 Å². The number of rotatable bonds is 6. The van der Waals surface area contributed by atoms with Gasteiger partial charge in [0.25, 0.3) is 0 Å². The molecule has 0 aliphatic heterocycles. The molecular weight excluding hydrogens is 471 g/mol. The summed E-state index contributed by atoms with van der Waals surface area (Å²) in [6.45, 7) is 1.90. The van der Waals surface area contributed by atoms with E-state index in [9.17, 15) is 18.0 Å². The molecule has 33 heavy (non-hydrogen) atoms. The molecule has 0 spiro atoms. The number of hydrogen-bond acceptors (Lipinski definition) is 7. The molecular formula is C22H16F3N5OS2. The van der Waals surface area contributed by atoms with Crippen LogP contribution in [0.3, 0.4) is 0 Å². The first kappa shape index (κ1) is 22.9. The van der Waals surface area contributed by atoms with Crippen molar-refractivity contribution in [1.82, 2.24) is 20.2 Å². The molecule has 0 aliphatic carbocycles. The molecule has 0 aliphatic rings. The van der Waals surface area contributed by atoms with Gasteiger partial charge in [-0.05, 0) is 49.4 Å². The van der Waals surface area contributed by atoms with Gasteiger partial charge in [0.1, 0.15) is 15.7 Å². The summed E-state index contributed by atoms with van der Waals surface area (Å²) in [6, 6.07) is 11.8. The fourth-order valence-corrected chi connectivity index (χ4v) is 4.51. The number of aromatic nitrogens is 4. The summed E-state index contributed by atoms with van der Waals surface area (Å²) in [6.07, 6.45) is -1.02. The maximum Gasteiger partial charge on any atom is 0.416 e. The molecule has 1 aromatic carbocycles. The van der Waals surface area contributed by atoms with Gasteiger partial charge in [-0.15, -0.1) is 21.5 Å². The lowest BCUT2D eigenvalue weighted by molar-refractivity contribution is -0.137. The Bertz CT molecular complexity index is 1260. The second-order valence-corrected chi connectivity index (χ2v) is 8.84. The maximum atomic E-state index is 12.8. The highest BCUT2D eigenvalue weighted by molar-refractivity contribution is 7.99. The topological polar surface area (TPSA) is 80.7 Å². The number of amides is 1. The van der Waals surface area contributed by atoms with Crippen molar-refractivity contribution >= 4 is 34.7 Å². The third-order valence-electron chi connectivity index (χ3n) is 4.40. The molecule has 3 heterocycles. The van der Waals surface area contributed by atoms with Gasteiger partial charge in [-0.25, -0.2) is 4.98 Å². The quantitative estimate of drug-likeness (QED) is 0.351. The van der Waals surface area contributed by atoms with Gasteiger partial charge < -0.3 is 5.32 Å². The van der Waals surface area contributed by atoms with Crippen molar-refractivity contribution < 1.29 is 18.0 Å². The molecule has 6 nitrogen and oxygen atoms in total. The summed E-state index contributed by atoms with van der Waals surface area (Å²) >= 11 is 2.63. The zero-order valence-corrected chi connectivity index (χ0v) is 18.8. The van der Waals surface area contributed by atoms with E-state index in [1.165, 1.54) is 23.5 Å². The monoisotopic (exact) mass is 487 g/mol. The molecule has 0 fully saturated rings. The molecule has 4 aromatic rings. The number of hydrogen-bond donors (Lipinski definition) is 1. The number of carbonyl (C=O) groups is 1. The van der Waals surface area contributed by atoms with E-state index >= 15 is 0 Å². The van der Waals surface area contributed by atoms with Crippen molar-refractivity contribution in [2.45, 2.75) is 18.1 Å². The van der Waals surface area contributed by atoms with Gasteiger partial charge in [0, 0.05) is 23.6 Å². The summed E-state index contributed by atoms with van der Waals surface area (Å²) < 4.78 is 38.4. The Hall–Kier alpha value is -3.31. The molecule has 0 unspecified atom stereocenters. The van der Waals surface area contributed by atoms with Crippen LogP contribution in [-0.2, 0) is 11.0 Å². The SMILES string of the molecule is Cc1nc(-c2cccnc2)sc1-c1ccc(SCC(=O)Nc2cccc(C(F)(F)F)c2)nn1. The molecule has 0 atom stereocenters. The largest absolute Gasteiger partial charge is 0.416 e. The van der Waals surface area contributed by atoms with Crippen LogP contribution in [0.25, 0.3) is 21.1 Å². The minimum atomic E-state index is -4.47. The number of anilines is 1. The number of carbonyl (C=O) groups excluding carboxylic acids is 1. The van der Waals surface area contributed by atoms with Crippen LogP contribution in [0.2, 0.25) is 0 Å². The van der Waals surface area contributed by atoms with Gasteiger partial charge in [0.2, 0.25) is 5.91 Å². The molecule has 0 bridgehead atoms. The number of benzene rings is 1. The molecule has 1 N–H and O–H groups in total. The highest BCUT2D eigenvalue weighted by atomic mass is 32.2. The van der Waals surface area contributed by atoms with Gasteiger partial charge in [-0.3, -0.25) is 9.78 Å². The average Bonchev–Trinajstić information content (AvgIpc) is 3.20. The number of alkyl halides is 3. The number of halogens is 3. The van der Waals surface area contributed by atoms with E-state index in [1.807, 2.05) is 19.1 Å². The first-order chi connectivity index (χ1) is 15.8. The fourth-order valence-electron chi connectivity index (χ4n) is 2.87. The van der Waals surface area contributed by atoms with Gasteiger partial charge >= 0.3 is 6.18 Å². The second-order valence-electron chi connectivity index (χ2n) is 6.85. The lowest BCUT2D eigenvalue weighted by Gasteiger charge is -2.09. The van der Waals surface area contributed by atoms with E-state index in [4.69, 9.17) is 0 Å². The first-order valence-corrected chi connectivity index (χ1v) is 11.4. The predicted octanol–water partition coefficient (Wildman–Crippen LogP) is 5.72. The zero-order valence-electron chi connectivity index (χ0n) is 17.1. The molecule has 0 saturated heterocycles. The van der Waals surface area contributed by atoms with Crippen molar-refractivity contribution in [3.8, 4) is 21.1 Å². The van der Waals surface area contributed by atoms with Gasteiger partial charge in [-0.1, -0.05) is 17.8 Å². The first-order valence-electron chi connectivity index (χ1n) is 9.61. The van der Waals surface area contributed by atoms with Crippen LogP contribution in [0, 0.1) is 6.92 Å². The van der Waals surface area contributed by atoms with E-state index in [0.29, 0.717) is 10.7 Å². The second kappa shape index (κ2) is 9.67. The molecule has 1 amide bonds. The summed E-state index contributed by atoms with van der Waals surface area (Å²) in [5, 5.41) is 12.2. The van der Waals surface area contributed by atoms with Crippen molar-refractivity contribution in [2.24, 2.45) is 0 Å². The number of aryl methyl sites for hydroxylation is 1. The van der Waals surface area contributed by atoms with Crippen LogP contribution in [0.1, 0.15) is 11.3 Å². The predicted molar refractivity (Wildman–Crippen MR) is 122 cm³/mol. The van der Waals surface area contributed by atoms with Crippen LogP contribution in [0.15, 0.2) is 66.0 Å². The molecule has 0 radical (unpaired) electrons. The van der Waals surface area contributed by atoms with Crippen LogP contribution in [-0.4, -0.2) is 31.8 Å². The Labute approximate surface area is 195 Å².